The van der Waals surface area contributed by atoms with E-state index in [0.717, 1.165) is 17.0 Å². The molecule has 2 aromatic rings. The fourth-order valence-electron chi connectivity index (χ4n) is 2.92. The van der Waals surface area contributed by atoms with Gasteiger partial charge in [-0.3, -0.25) is 9.59 Å². The zero-order chi connectivity index (χ0) is 16.9. The van der Waals surface area contributed by atoms with Crippen molar-refractivity contribution in [1.82, 2.24) is 5.32 Å². The molecule has 1 saturated heterocycles. The molecule has 2 amide bonds. The molecule has 5 nitrogen and oxygen atoms in total. The van der Waals surface area contributed by atoms with Crippen LogP contribution in [-0.4, -0.2) is 25.5 Å². The van der Waals surface area contributed by atoms with Crippen LogP contribution in [0.25, 0.3) is 0 Å². The van der Waals surface area contributed by atoms with Crippen molar-refractivity contribution >= 4 is 17.5 Å². The molecule has 0 aliphatic carbocycles. The van der Waals surface area contributed by atoms with Gasteiger partial charge in [-0.1, -0.05) is 36.4 Å². The van der Waals surface area contributed by atoms with E-state index < -0.39 is 0 Å². The van der Waals surface area contributed by atoms with Crippen LogP contribution in [0.2, 0.25) is 0 Å². The number of anilines is 1. The van der Waals surface area contributed by atoms with E-state index in [4.69, 9.17) is 4.74 Å². The monoisotopic (exact) mass is 324 g/mol. The topological polar surface area (TPSA) is 58.6 Å². The van der Waals surface area contributed by atoms with Gasteiger partial charge in [0.05, 0.1) is 13.0 Å². The van der Waals surface area contributed by atoms with Crippen molar-refractivity contribution < 1.29 is 14.3 Å². The highest BCUT2D eigenvalue weighted by Crippen LogP contribution is 2.25. The van der Waals surface area contributed by atoms with Gasteiger partial charge in [-0.25, -0.2) is 0 Å². The lowest BCUT2D eigenvalue weighted by atomic mass is 10.1. The first-order valence-corrected chi connectivity index (χ1v) is 7.94. The van der Waals surface area contributed by atoms with Crippen LogP contribution in [0.3, 0.4) is 0 Å². The Morgan fingerprint density at radius 3 is 2.62 bits per heavy atom. The fraction of sp³-hybridized carbons (Fsp3) is 0.263. The van der Waals surface area contributed by atoms with Crippen molar-refractivity contribution in [2.75, 3.05) is 18.6 Å². The molecule has 2 aromatic carbocycles. The molecule has 0 bridgehead atoms. The number of rotatable bonds is 5. The molecule has 0 aromatic heterocycles. The maximum absolute atomic E-state index is 12.4. The second-order valence-corrected chi connectivity index (χ2v) is 5.77. The van der Waals surface area contributed by atoms with Gasteiger partial charge in [0.15, 0.2) is 0 Å². The Morgan fingerprint density at radius 2 is 1.88 bits per heavy atom. The Kier molecular flexibility index (Phi) is 4.79. The molecule has 1 aliphatic rings. The Bertz CT molecular complexity index is 730. The highest BCUT2D eigenvalue weighted by molar-refractivity contribution is 6.00. The Hall–Kier alpha value is -2.82. The van der Waals surface area contributed by atoms with Crippen molar-refractivity contribution in [1.29, 1.82) is 0 Å². The van der Waals surface area contributed by atoms with Gasteiger partial charge in [-0.05, 0) is 18.2 Å². The summed E-state index contributed by atoms with van der Waals surface area (Å²) in [5.74, 6) is 0.296. The Labute approximate surface area is 141 Å². The van der Waals surface area contributed by atoms with Crippen LogP contribution in [0.15, 0.2) is 54.6 Å². The highest BCUT2D eigenvalue weighted by atomic mass is 16.5. The fourth-order valence-corrected chi connectivity index (χ4v) is 2.92. The van der Waals surface area contributed by atoms with Gasteiger partial charge < -0.3 is 15.0 Å². The third kappa shape index (κ3) is 3.40. The molecular weight excluding hydrogens is 304 g/mol. The number of benzene rings is 2. The quantitative estimate of drug-likeness (QED) is 0.918. The highest BCUT2D eigenvalue weighted by Gasteiger charge is 2.34. The van der Waals surface area contributed by atoms with Crippen LogP contribution in [-0.2, 0) is 16.1 Å². The Morgan fingerprint density at radius 1 is 1.17 bits per heavy atom. The van der Waals surface area contributed by atoms with Crippen LogP contribution in [0.5, 0.6) is 5.75 Å². The van der Waals surface area contributed by atoms with E-state index >= 15 is 0 Å². The molecule has 1 fully saturated rings. The van der Waals surface area contributed by atoms with E-state index in [-0.39, 0.29) is 24.2 Å². The molecule has 24 heavy (non-hydrogen) atoms. The average molecular weight is 324 g/mol. The molecule has 1 aliphatic heterocycles. The largest absolute Gasteiger partial charge is 0.496 e. The lowest BCUT2D eigenvalue weighted by Crippen LogP contribution is -2.32. The minimum absolute atomic E-state index is 0.0151. The molecule has 0 unspecified atom stereocenters. The number of nitrogens with zero attached hydrogens (tertiary/aromatic N) is 1. The minimum atomic E-state index is -0.326. The van der Waals surface area contributed by atoms with Gasteiger partial charge in [0.2, 0.25) is 11.8 Å². The predicted molar refractivity (Wildman–Crippen MR) is 91.7 cm³/mol. The van der Waals surface area contributed by atoms with Gasteiger partial charge in [0.1, 0.15) is 5.75 Å². The molecule has 1 heterocycles. The third-order valence-electron chi connectivity index (χ3n) is 4.21. The maximum atomic E-state index is 12.4. The van der Waals surface area contributed by atoms with Gasteiger partial charge in [-0.2, -0.15) is 0 Å². The van der Waals surface area contributed by atoms with E-state index in [1.807, 2.05) is 54.6 Å². The first kappa shape index (κ1) is 16.1. The zero-order valence-corrected chi connectivity index (χ0v) is 13.6. The van der Waals surface area contributed by atoms with Crippen molar-refractivity contribution in [2.24, 2.45) is 5.92 Å². The number of methoxy groups -OCH3 is 1. The van der Waals surface area contributed by atoms with E-state index in [1.54, 1.807) is 12.0 Å². The lowest BCUT2D eigenvalue weighted by Gasteiger charge is -2.16. The summed E-state index contributed by atoms with van der Waals surface area (Å²) >= 11 is 0. The molecular formula is C19H20N2O3. The smallest absolute Gasteiger partial charge is 0.227 e. The summed E-state index contributed by atoms with van der Waals surface area (Å²) in [5.41, 5.74) is 1.75. The average Bonchev–Trinajstić information content (AvgIpc) is 3.02. The molecule has 3 rings (SSSR count). The van der Waals surface area contributed by atoms with Crippen molar-refractivity contribution in [3.8, 4) is 5.75 Å². The summed E-state index contributed by atoms with van der Waals surface area (Å²) in [4.78, 5) is 26.3. The molecule has 1 N–H and O–H groups in total. The summed E-state index contributed by atoms with van der Waals surface area (Å²) < 4.78 is 5.28. The number of hydrogen-bond acceptors (Lipinski definition) is 3. The van der Waals surface area contributed by atoms with E-state index in [9.17, 15) is 9.59 Å². The summed E-state index contributed by atoms with van der Waals surface area (Å²) in [5, 5.41) is 2.91. The maximum Gasteiger partial charge on any atom is 0.227 e. The van der Waals surface area contributed by atoms with E-state index in [2.05, 4.69) is 5.32 Å². The number of carbonyl (C=O) groups is 2. The van der Waals surface area contributed by atoms with Crippen molar-refractivity contribution in [3.05, 3.63) is 60.2 Å². The summed E-state index contributed by atoms with van der Waals surface area (Å²) in [6.07, 6.45) is 0.243. The van der Waals surface area contributed by atoms with Crippen molar-refractivity contribution in [3.63, 3.8) is 0 Å². The first-order chi connectivity index (χ1) is 11.7. The van der Waals surface area contributed by atoms with Crippen LogP contribution in [0.1, 0.15) is 12.0 Å². The summed E-state index contributed by atoms with van der Waals surface area (Å²) in [6, 6.07) is 17.0. The second kappa shape index (κ2) is 7.17. The van der Waals surface area contributed by atoms with Crippen molar-refractivity contribution in [2.45, 2.75) is 13.0 Å². The molecule has 0 spiro atoms. The number of ether oxygens (including phenoxy) is 1. The third-order valence-corrected chi connectivity index (χ3v) is 4.21. The number of hydrogen-bond donors (Lipinski definition) is 1. The molecule has 0 radical (unpaired) electrons. The summed E-state index contributed by atoms with van der Waals surface area (Å²) in [6.45, 7) is 0.805. The summed E-state index contributed by atoms with van der Waals surface area (Å²) in [7, 11) is 1.61. The van der Waals surface area contributed by atoms with Crippen LogP contribution in [0.4, 0.5) is 5.69 Å². The van der Waals surface area contributed by atoms with Gasteiger partial charge in [0, 0.05) is 30.8 Å². The molecule has 5 heteroatoms. The van der Waals surface area contributed by atoms with Gasteiger partial charge >= 0.3 is 0 Å². The zero-order valence-electron chi connectivity index (χ0n) is 13.6. The van der Waals surface area contributed by atoms with Crippen LogP contribution >= 0.6 is 0 Å². The number of nitrogens with one attached hydrogen (secondary N) is 1. The number of amides is 2. The second-order valence-electron chi connectivity index (χ2n) is 5.77. The van der Waals surface area contributed by atoms with Crippen LogP contribution in [0, 0.1) is 5.92 Å². The molecule has 0 saturated carbocycles. The molecule has 1 atom stereocenters. The van der Waals surface area contributed by atoms with Gasteiger partial charge in [0.25, 0.3) is 0 Å². The number of para-hydroxylation sites is 2. The van der Waals surface area contributed by atoms with E-state index in [1.165, 1.54) is 0 Å². The van der Waals surface area contributed by atoms with Gasteiger partial charge in [-0.15, -0.1) is 0 Å². The minimum Gasteiger partial charge on any atom is -0.496 e. The SMILES string of the molecule is COc1ccccc1CNC(=O)[C@@H]1CC(=O)N(c2ccccc2)C1. The Balaban J connectivity index is 1.61. The molecule has 124 valence electrons. The number of carbonyl (C=O) groups excluding carboxylic acids is 2. The first-order valence-electron chi connectivity index (χ1n) is 7.94. The lowest BCUT2D eigenvalue weighted by molar-refractivity contribution is -0.126. The van der Waals surface area contributed by atoms with Crippen LogP contribution < -0.4 is 15.0 Å². The predicted octanol–water partition coefficient (Wildman–Crippen LogP) is 2.36. The standard InChI is InChI=1S/C19H20N2O3/c1-24-17-10-6-5-7-14(17)12-20-19(23)15-11-18(22)21(13-15)16-8-3-2-4-9-16/h2-10,15H,11-13H2,1H3,(H,20,23)/t15-/m1/s1. The van der Waals surface area contributed by atoms with E-state index in [0.29, 0.717) is 13.1 Å². The normalized spacial score (nSPS) is 17.0.